The molecule has 1 rings (SSSR count). The molecule has 0 saturated carbocycles. The second-order valence-corrected chi connectivity index (χ2v) is 2.52. The molecular formula is C8H9N3O. The highest BCUT2D eigenvalue weighted by Crippen LogP contribution is 2.05. The Balaban J connectivity index is 3.06. The molecule has 1 aromatic heterocycles. The summed E-state index contributed by atoms with van der Waals surface area (Å²) in [5.41, 5.74) is 1.20. The molecule has 0 fully saturated rings. The van der Waals surface area contributed by atoms with Gasteiger partial charge in [-0.2, -0.15) is 5.26 Å². The van der Waals surface area contributed by atoms with Gasteiger partial charge in [-0.25, -0.2) is 4.98 Å². The van der Waals surface area contributed by atoms with E-state index in [1.165, 1.54) is 13.3 Å². The van der Waals surface area contributed by atoms with Crippen molar-refractivity contribution in [2.24, 2.45) is 0 Å². The smallest absolute Gasteiger partial charge is 0.179 e. The number of ketones is 1. The van der Waals surface area contributed by atoms with Crippen LogP contribution < -0.4 is 0 Å². The molecule has 12 heavy (non-hydrogen) atoms. The molecule has 0 bridgehead atoms. The third kappa shape index (κ3) is 1.35. The second-order valence-electron chi connectivity index (χ2n) is 2.52. The lowest BCUT2D eigenvalue weighted by atomic mass is 10.2. The highest BCUT2D eigenvalue weighted by molar-refractivity contribution is 5.93. The SMILES string of the molecule is CC(=O)c1ncn(CC#N)c1C. The van der Waals surface area contributed by atoms with E-state index in [2.05, 4.69) is 4.98 Å². The van der Waals surface area contributed by atoms with Crippen LogP contribution in [0.2, 0.25) is 0 Å². The van der Waals surface area contributed by atoms with Crippen molar-refractivity contribution in [2.45, 2.75) is 20.4 Å². The molecule has 1 heterocycles. The van der Waals surface area contributed by atoms with Crippen LogP contribution in [0.5, 0.6) is 0 Å². The number of nitriles is 1. The fourth-order valence-corrected chi connectivity index (χ4v) is 1.02. The maximum atomic E-state index is 10.9. The van der Waals surface area contributed by atoms with E-state index in [0.29, 0.717) is 5.69 Å². The monoisotopic (exact) mass is 163 g/mol. The Kier molecular flexibility index (Phi) is 2.24. The molecule has 0 radical (unpaired) electrons. The lowest BCUT2D eigenvalue weighted by molar-refractivity contribution is 0.101. The largest absolute Gasteiger partial charge is 0.320 e. The third-order valence-electron chi connectivity index (χ3n) is 1.67. The number of carbonyl (C=O) groups is 1. The zero-order chi connectivity index (χ0) is 9.14. The van der Waals surface area contributed by atoms with Gasteiger partial charge >= 0.3 is 0 Å². The van der Waals surface area contributed by atoms with Gasteiger partial charge < -0.3 is 4.57 Å². The number of hydrogen-bond donors (Lipinski definition) is 0. The summed E-state index contributed by atoms with van der Waals surface area (Å²) < 4.78 is 1.65. The van der Waals surface area contributed by atoms with Crippen molar-refractivity contribution in [1.82, 2.24) is 9.55 Å². The second kappa shape index (κ2) is 3.18. The minimum Gasteiger partial charge on any atom is -0.320 e. The first-order chi connectivity index (χ1) is 5.66. The van der Waals surface area contributed by atoms with Crippen molar-refractivity contribution in [3.05, 3.63) is 17.7 Å². The van der Waals surface area contributed by atoms with Crippen molar-refractivity contribution < 1.29 is 4.79 Å². The van der Waals surface area contributed by atoms with Gasteiger partial charge in [0.15, 0.2) is 5.78 Å². The fraction of sp³-hybridized carbons (Fsp3) is 0.375. The average Bonchev–Trinajstić information content (AvgIpc) is 2.34. The van der Waals surface area contributed by atoms with Crippen molar-refractivity contribution >= 4 is 5.78 Å². The number of carbonyl (C=O) groups excluding carboxylic acids is 1. The zero-order valence-electron chi connectivity index (χ0n) is 7.03. The molecule has 0 N–H and O–H groups in total. The van der Waals surface area contributed by atoms with Gasteiger partial charge in [0.25, 0.3) is 0 Å². The minimum absolute atomic E-state index is 0.0656. The topological polar surface area (TPSA) is 58.7 Å². The van der Waals surface area contributed by atoms with Crippen LogP contribution in [0.4, 0.5) is 0 Å². The van der Waals surface area contributed by atoms with Gasteiger partial charge in [-0.05, 0) is 6.92 Å². The van der Waals surface area contributed by atoms with Gasteiger partial charge in [-0.1, -0.05) is 0 Å². The van der Waals surface area contributed by atoms with Crippen molar-refractivity contribution in [3.8, 4) is 6.07 Å². The van der Waals surface area contributed by atoms with Gasteiger partial charge in [-0.15, -0.1) is 0 Å². The van der Waals surface area contributed by atoms with Crippen LogP contribution in [0.15, 0.2) is 6.33 Å². The number of imidazole rings is 1. The molecule has 0 amide bonds. The summed E-state index contributed by atoms with van der Waals surface area (Å²) in [6.45, 7) is 3.49. The first-order valence-corrected chi connectivity index (χ1v) is 3.56. The van der Waals surface area contributed by atoms with E-state index in [-0.39, 0.29) is 12.3 Å². The average molecular weight is 163 g/mol. The van der Waals surface area contributed by atoms with E-state index in [0.717, 1.165) is 5.69 Å². The van der Waals surface area contributed by atoms with Crippen LogP contribution in [0.25, 0.3) is 0 Å². The van der Waals surface area contributed by atoms with Crippen LogP contribution in [0, 0.1) is 18.3 Å². The summed E-state index contributed by atoms with van der Waals surface area (Å²) in [5, 5.41) is 8.41. The van der Waals surface area contributed by atoms with E-state index in [4.69, 9.17) is 5.26 Å². The van der Waals surface area contributed by atoms with E-state index >= 15 is 0 Å². The first-order valence-electron chi connectivity index (χ1n) is 3.56. The van der Waals surface area contributed by atoms with Crippen molar-refractivity contribution in [3.63, 3.8) is 0 Å². The van der Waals surface area contributed by atoms with Crippen LogP contribution in [0.1, 0.15) is 23.1 Å². The highest BCUT2D eigenvalue weighted by Gasteiger charge is 2.09. The van der Waals surface area contributed by atoms with Gasteiger partial charge in [0, 0.05) is 12.6 Å². The highest BCUT2D eigenvalue weighted by atomic mass is 16.1. The van der Waals surface area contributed by atoms with Crippen LogP contribution >= 0.6 is 0 Å². The predicted molar refractivity (Wildman–Crippen MR) is 42.6 cm³/mol. The third-order valence-corrected chi connectivity index (χ3v) is 1.67. The maximum absolute atomic E-state index is 10.9. The first kappa shape index (κ1) is 8.47. The molecule has 0 aliphatic carbocycles. The van der Waals surface area contributed by atoms with Gasteiger partial charge in [-0.3, -0.25) is 4.79 Å². The molecule has 1 aromatic rings. The number of nitrogens with zero attached hydrogens (tertiary/aromatic N) is 3. The summed E-state index contributed by atoms with van der Waals surface area (Å²) in [6.07, 6.45) is 1.51. The Bertz CT molecular complexity index is 346. The maximum Gasteiger partial charge on any atom is 0.179 e. The molecule has 0 aromatic carbocycles. The summed E-state index contributed by atoms with van der Waals surface area (Å²) >= 11 is 0. The molecule has 0 unspecified atom stereocenters. The molecule has 4 nitrogen and oxygen atoms in total. The van der Waals surface area contributed by atoms with Crippen molar-refractivity contribution in [2.75, 3.05) is 0 Å². The molecule has 0 aliphatic rings. The molecule has 62 valence electrons. The quantitative estimate of drug-likeness (QED) is 0.609. The standard InChI is InChI=1S/C8H9N3O/c1-6-8(7(2)12)10-5-11(6)4-3-9/h5H,4H2,1-2H3. The van der Waals surface area contributed by atoms with E-state index in [1.54, 1.807) is 11.5 Å². The number of rotatable bonds is 2. The minimum atomic E-state index is -0.0656. The van der Waals surface area contributed by atoms with E-state index in [1.807, 2.05) is 6.07 Å². The Morgan fingerprint density at radius 2 is 2.50 bits per heavy atom. The van der Waals surface area contributed by atoms with Crippen molar-refractivity contribution in [1.29, 1.82) is 5.26 Å². The summed E-state index contributed by atoms with van der Waals surface area (Å²) in [4.78, 5) is 14.8. The Hall–Kier alpha value is -1.63. The van der Waals surface area contributed by atoms with E-state index in [9.17, 15) is 4.79 Å². The molecule has 0 atom stereocenters. The number of Topliss-reactive ketones (excluding diaryl/α,β-unsaturated/α-hetero) is 1. The lowest BCUT2D eigenvalue weighted by Gasteiger charge is -1.97. The van der Waals surface area contributed by atoms with Crippen LogP contribution in [0.3, 0.4) is 0 Å². The van der Waals surface area contributed by atoms with Crippen LogP contribution in [-0.2, 0) is 6.54 Å². The normalized spacial score (nSPS) is 9.42. The summed E-state index contributed by atoms with van der Waals surface area (Å²) in [6, 6.07) is 1.99. The Labute approximate surface area is 70.4 Å². The number of aromatic nitrogens is 2. The lowest BCUT2D eigenvalue weighted by Crippen LogP contribution is -2.00. The Morgan fingerprint density at radius 1 is 1.83 bits per heavy atom. The summed E-state index contributed by atoms with van der Waals surface area (Å²) in [5.74, 6) is -0.0656. The molecule has 0 aliphatic heterocycles. The molecular weight excluding hydrogens is 154 g/mol. The Morgan fingerprint density at radius 3 is 2.92 bits per heavy atom. The van der Waals surface area contributed by atoms with E-state index < -0.39 is 0 Å². The molecule has 0 spiro atoms. The number of hydrogen-bond acceptors (Lipinski definition) is 3. The van der Waals surface area contributed by atoms with Gasteiger partial charge in [0.1, 0.15) is 12.2 Å². The fourth-order valence-electron chi connectivity index (χ4n) is 1.02. The molecule has 4 heteroatoms. The van der Waals surface area contributed by atoms with Crippen LogP contribution in [-0.4, -0.2) is 15.3 Å². The summed E-state index contributed by atoms with van der Waals surface area (Å²) in [7, 11) is 0. The predicted octanol–water partition coefficient (Wildman–Crippen LogP) is 0.918. The zero-order valence-corrected chi connectivity index (χ0v) is 7.03. The van der Waals surface area contributed by atoms with Gasteiger partial charge in [0.05, 0.1) is 12.4 Å². The molecule has 0 saturated heterocycles. The van der Waals surface area contributed by atoms with Gasteiger partial charge in [0.2, 0.25) is 0 Å².